The van der Waals surface area contributed by atoms with Crippen molar-refractivity contribution in [2.45, 2.75) is 6.61 Å². The number of hydrogen-bond acceptors (Lipinski definition) is 3. The van der Waals surface area contributed by atoms with Crippen LogP contribution in [0.5, 0.6) is 0 Å². The Balaban J connectivity index is 2.52. The molecule has 0 radical (unpaired) electrons. The zero-order chi connectivity index (χ0) is 7.68. The molecule has 0 N–H and O–H groups in total. The number of carbonyl (C=O) groups excluding carboxylic acids is 1. The van der Waals surface area contributed by atoms with Crippen molar-refractivity contribution in [3.8, 4) is 0 Å². The zero-order valence-corrected chi connectivity index (χ0v) is 5.74. The van der Waals surface area contributed by atoms with E-state index < -0.39 is 5.97 Å². The Bertz CT molecular complexity index is 293. The van der Waals surface area contributed by atoms with Crippen LogP contribution >= 0.6 is 0 Å². The van der Waals surface area contributed by atoms with Crippen molar-refractivity contribution in [3.05, 3.63) is 35.4 Å². The molecule has 1 heterocycles. The summed E-state index contributed by atoms with van der Waals surface area (Å²) < 4.78 is 0. The van der Waals surface area contributed by atoms with E-state index in [0.29, 0.717) is 12.2 Å². The zero-order valence-electron chi connectivity index (χ0n) is 5.74. The van der Waals surface area contributed by atoms with Gasteiger partial charge in [-0.05, 0) is 11.6 Å². The average molecular weight is 150 g/mol. The van der Waals surface area contributed by atoms with Gasteiger partial charge >= 0.3 is 5.97 Å². The molecule has 2 rings (SSSR count). The first-order chi connectivity index (χ1) is 5.38. The second kappa shape index (κ2) is 2.36. The first kappa shape index (κ1) is 6.37. The predicted molar refractivity (Wildman–Crippen MR) is 36.6 cm³/mol. The Hall–Kier alpha value is -1.35. The minimum absolute atomic E-state index is 0.349. The van der Waals surface area contributed by atoms with Gasteiger partial charge in [-0.15, -0.1) is 0 Å². The Morgan fingerprint density at radius 3 is 2.91 bits per heavy atom. The van der Waals surface area contributed by atoms with Gasteiger partial charge < -0.3 is 0 Å². The van der Waals surface area contributed by atoms with Crippen LogP contribution in [0.2, 0.25) is 0 Å². The van der Waals surface area contributed by atoms with E-state index in [-0.39, 0.29) is 0 Å². The van der Waals surface area contributed by atoms with Crippen LogP contribution in [-0.2, 0) is 16.4 Å². The van der Waals surface area contributed by atoms with E-state index in [1.807, 2.05) is 12.1 Å². The van der Waals surface area contributed by atoms with Gasteiger partial charge in [-0.25, -0.2) is 4.79 Å². The summed E-state index contributed by atoms with van der Waals surface area (Å²) >= 11 is 0. The summed E-state index contributed by atoms with van der Waals surface area (Å²) in [6, 6.07) is 7.22. The van der Waals surface area contributed by atoms with Crippen molar-refractivity contribution >= 4 is 5.97 Å². The molecule has 0 fully saturated rings. The van der Waals surface area contributed by atoms with E-state index in [0.717, 1.165) is 5.56 Å². The summed E-state index contributed by atoms with van der Waals surface area (Å²) in [5.41, 5.74) is 1.47. The maximum atomic E-state index is 10.9. The van der Waals surface area contributed by atoms with E-state index in [2.05, 4.69) is 9.78 Å². The fraction of sp³-hybridized carbons (Fsp3) is 0.125. The van der Waals surface area contributed by atoms with Crippen LogP contribution in [-0.4, -0.2) is 5.97 Å². The summed E-state index contributed by atoms with van der Waals surface area (Å²) in [5, 5.41) is 0. The van der Waals surface area contributed by atoms with Crippen LogP contribution in [0.3, 0.4) is 0 Å². The highest BCUT2D eigenvalue weighted by atomic mass is 17.2. The lowest BCUT2D eigenvalue weighted by Crippen LogP contribution is -2.15. The molecule has 0 saturated carbocycles. The second-order valence-electron chi connectivity index (χ2n) is 2.29. The van der Waals surface area contributed by atoms with E-state index in [1.54, 1.807) is 12.1 Å². The van der Waals surface area contributed by atoms with Gasteiger partial charge in [0.15, 0.2) is 0 Å². The molecule has 0 aromatic heterocycles. The van der Waals surface area contributed by atoms with E-state index in [4.69, 9.17) is 0 Å². The third-order valence-electron chi connectivity index (χ3n) is 1.59. The lowest BCUT2D eigenvalue weighted by molar-refractivity contribution is -0.256. The number of fused-ring (bicyclic) bond motifs is 1. The Morgan fingerprint density at radius 2 is 2.09 bits per heavy atom. The van der Waals surface area contributed by atoms with E-state index >= 15 is 0 Å². The van der Waals surface area contributed by atoms with Gasteiger partial charge in [0, 0.05) is 0 Å². The molecule has 1 aliphatic rings. The van der Waals surface area contributed by atoms with Crippen LogP contribution in [0.25, 0.3) is 0 Å². The highest BCUT2D eigenvalue weighted by Gasteiger charge is 2.18. The molecular formula is C8H6O3. The molecule has 1 aliphatic heterocycles. The highest BCUT2D eigenvalue weighted by molar-refractivity contribution is 5.91. The fourth-order valence-corrected chi connectivity index (χ4v) is 1.04. The van der Waals surface area contributed by atoms with Gasteiger partial charge in [-0.3, -0.25) is 4.89 Å². The Kier molecular flexibility index (Phi) is 1.36. The van der Waals surface area contributed by atoms with Crippen molar-refractivity contribution in [1.29, 1.82) is 0 Å². The SMILES string of the molecule is O=C1OOCc2ccccc21. The number of rotatable bonds is 0. The minimum Gasteiger partial charge on any atom is -0.292 e. The maximum Gasteiger partial charge on any atom is 0.373 e. The summed E-state index contributed by atoms with van der Waals surface area (Å²) in [6.45, 7) is 0.349. The van der Waals surface area contributed by atoms with Crippen molar-refractivity contribution in [1.82, 2.24) is 0 Å². The smallest absolute Gasteiger partial charge is 0.292 e. The van der Waals surface area contributed by atoms with Gasteiger partial charge in [0.25, 0.3) is 0 Å². The number of benzene rings is 1. The van der Waals surface area contributed by atoms with Gasteiger partial charge in [-0.1, -0.05) is 18.2 Å². The van der Waals surface area contributed by atoms with Crippen LogP contribution in [0.1, 0.15) is 15.9 Å². The standard InChI is InChI=1S/C8H6O3/c9-8-7-4-2-1-3-6(7)5-10-11-8/h1-4H,5H2. The molecule has 56 valence electrons. The molecule has 0 spiro atoms. The highest BCUT2D eigenvalue weighted by Crippen LogP contribution is 2.16. The fourth-order valence-electron chi connectivity index (χ4n) is 1.04. The quantitative estimate of drug-likeness (QED) is 0.523. The molecule has 0 saturated heterocycles. The van der Waals surface area contributed by atoms with Gasteiger partial charge in [0.05, 0.1) is 5.56 Å². The van der Waals surface area contributed by atoms with Gasteiger partial charge in [0.2, 0.25) is 0 Å². The van der Waals surface area contributed by atoms with Gasteiger partial charge in [-0.2, -0.15) is 4.89 Å². The van der Waals surface area contributed by atoms with Crippen molar-refractivity contribution < 1.29 is 14.6 Å². The lowest BCUT2D eigenvalue weighted by atomic mass is 10.1. The van der Waals surface area contributed by atoms with E-state index in [9.17, 15) is 4.79 Å². The normalized spacial score (nSPS) is 15.5. The molecule has 0 aliphatic carbocycles. The lowest BCUT2D eigenvalue weighted by Gasteiger charge is -2.12. The average Bonchev–Trinajstić information content (AvgIpc) is 2.06. The first-order valence-electron chi connectivity index (χ1n) is 3.29. The molecular weight excluding hydrogens is 144 g/mol. The predicted octanol–water partition coefficient (Wildman–Crippen LogP) is 1.29. The number of hydrogen-bond donors (Lipinski definition) is 0. The second-order valence-corrected chi connectivity index (χ2v) is 2.29. The topological polar surface area (TPSA) is 35.5 Å². The third-order valence-corrected chi connectivity index (χ3v) is 1.59. The Morgan fingerprint density at radius 1 is 1.27 bits per heavy atom. The monoisotopic (exact) mass is 150 g/mol. The molecule has 0 unspecified atom stereocenters. The summed E-state index contributed by atoms with van der Waals surface area (Å²) in [5.74, 6) is -0.410. The minimum atomic E-state index is -0.410. The first-order valence-corrected chi connectivity index (χ1v) is 3.29. The van der Waals surface area contributed by atoms with Crippen LogP contribution in [0, 0.1) is 0 Å². The van der Waals surface area contributed by atoms with E-state index in [1.165, 1.54) is 0 Å². The maximum absolute atomic E-state index is 10.9. The largest absolute Gasteiger partial charge is 0.373 e. The van der Waals surface area contributed by atoms with Crippen LogP contribution in [0.4, 0.5) is 0 Å². The summed E-state index contributed by atoms with van der Waals surface area (Å²) in [4.78, 5) is 19.9. The molecule has 11 heavy (non-hydrogen) atoms. The molecule has 0 amide bonds. The molecule has 1 aromatic carbocycles. The molecule has 1 aromatic rings. The molecule has 3 nitrogen and oxygen atoms in total. The van der Waals surface area contributed by atoms with Crippen molar-refractivity contribution in [3.63, 3.8) is 0 Å². The van der Waals surface area contributed by atoms with Crippen LogP contribution < -0.4 is 0 Å². The van der Waals surface area contributed by atoms with Crippen molar-refractivity contribution in [2.24, 2.45) is 0 Å². The van der Waals surface area contributed by atoms with Crippen molar-refractivity contribution in [2.75, 3.05) is 0 Å². The molecule has 0 bridgehead atoms. The van der Waals surface area contributed by atoms with Gasteiger partial charge in [0.1, 0.15) is 6.61 Å². The summed E-state index contributed by atoms with van der Waals surface area (Å²) in [6.07, 6.45) is 0. The Labute approximate surface area is 63.5 Å². The molecule has 0 atom stereocenters. The summed E-state index contributed by atoms with van der Waals surface area (Å²) in [7, 11) is 0. The number of carbonyl (C=O) groups is 1. The van der Waals surface area contributed by atoms with Crippen LogP contribution in [0.15, 0.2) is 24.3 Å². The third kappa shape index (κ3) is 0.991. The molecule has 3 heteroatoms.